The lowest BCUT2D eigenvalue weighted by Gasteiger charge is -2.17. The van der Waals surface area contributed by atoms with Gasteiger partial charge in [-0.15, -0.1) is 0 Å². The topological polar surface area (TPSA) is 49.4 Å². The molecule has 2 aromatic carbocycles. The molecule has 1 atom stereocenters. The van der Waals surface area contributed by atoms with Gasteiger partial charge in [0.05, 0.1) is 6.04 Å². The van der Waals surface area contributed by atoms with E-state index in [4.69, 9.17) is 0 Å². The Bertz CT molecular complexity index is 716. The van der Waals surface area contributed by atoms with Gasteiger partial charge in [0.1, 0.15) is 5.82 Å². The highest BCUT2D eigenvalue weighted by Gasteiger charge is 2.30. The van der Waals surface area contributed by atoms with Gasteiger partial charge in [0.2, 0.25) is 5.91 Å². The van der Waals surface area contributed by atoms with E-state index in [2.05, 4.69) is 5.32 Å². The molecule has 2 amide bonds. The Balaban J connectivity index is 1.52. The Kier molecular flexibility index (Phi) is 4.89. The summed E-state index contributed by atoms with van der Waals surface area (Å²) >= 11 is 0. The molecule has 1 fully saturated rings. The number of hydrogen-bond donors (Lipinski definition) is 1. The normalized spacial score (nSPS) is 17.1. The van der Waals surface area contributed by atoms with Crippen molar-refractivity contribution in [3.63, 3.8) is 0 Å². The Morgan fingerprint density at radius 1 is 1.12 bits per heavy atom. The molecule has 0 spiro atoms. The molecular weight excluding hydrogens is 307 g/mol. The van der Waals surface area contributed by atoms with Crippen LogP contribution in [0, 0.1) is 5.82 Å². The van der Waals surface area contributed by atoms with Crippen LogP contribution >= 0.6 is 0 Å². The molecule has 5 heteroatoms. The Hall–Kier alpha value is -2.69. The first kappa shape index (κ1) is 16.2. The number of nitrogens with one attached hydrogen (secondary N) is 1. The number of carbonyl (C=O) groups excluding carboxylic acids is 2. The third kappa shape index (κ3) is 3.98. The van der Waals surface area contributed by atoms with E-state index in [0.29, 0.717) is 31.5 Å². The van der Waals surface area contributed by atoms with Crippen LogP contribution in [0.4, 0.5) is 4.39 Å². The summed E-state index contributed by atoms with van der Waals surface area (Å²) in [5.41, 5.74) is 1.58. The number of halogens is 1. The number of hydrogen-bond acceptors (Lipinski definition) is 2. The van der Waals surface area contributed by atoms with Crippen LogP contribution < -0.4 is 5.32 Å². The molecule has 1 saturated heterocycles. The summed E-state index contributed by atoms with van der Waals surface area (Å²) in [6, 6.07) is 15.1. The molecule has 0 aliphatic carbocycles. The summed E-state index contributed by atoms with van der Waals surface area (Å²) in [7, 11) is 0. The maximum Gasteiger partial charge on any atom is 0.251 e. The van der Waals surface area contributed by atoms with E-state index in [1.165, 1.54) is 12.1 Å². The summed E-state index contributed by atoms with van der Waals surface area (Å²) in [6.07, 6.45) is 0.993. The van der Waals surface area contributed by atoms with Gasteiger partial charge in [0.15, 0.2) is 0 Å². The molecule has 2 aromatic rings. The first-order valence-electron chi connectivity index (χ1n) is 8.00. The molecule has 24 heavy (non-hydrogen) atoms. The van der Waals surface area contributed by atoms with Crippen LogP contribution in [-0.4, -0.2) is 35.8 Å². The first-order valence-corrected chi connectivity index (χ1v) is 8.00. The zero-order valence-corrected chi connectivity index (χ0v) is 13.2. The minimum absolute atomic E-state index is 0.0375. The highest BCUT2D eigenvalue weighted by atomic mass is 19.1. The van der Waals surface area contributed by atoms with E-state index in [-0.39, 0.29) is 23.7 Å². The molecule has 0 bridgehead atoms. The van der Waals surface area contributed by atoms with Crippen molar-refractivity contribution in [2.24, 2.45) is 0 Å². The number of amides is 2. The largest absolute Gasteiger partial charge is 0.347 e. The zero-order chi connectivity index (χ0) is 16.9. The Morgan fingerprint density at radius 3 is 2.54 bits per heavy atom. The third-order valence-electron chi connectivity index (χ3n) is 4.17. The van der Waals surface area contributed by atoms with Crippen LogP contribution in [-0.2, 0) is 11.2 Å². The SMILES string of the molecule is O=C(N[C@H]1CC(=O)N(CCc2ccc(F)cc2)C1)c1ccccc1. The lowest BCUT2D eigenvalue weighted by atomic mass is 10.1. The van der Waals surface area contributed by atoms with Crippen LogP contribution in [0.25, 0.3) is 0 Å². The number of benzene rings is 2. The summed E-state index contributed by atoms with van der Waals surface area (Å²) in [5, 5.41) is 2.91. The minimum atomic E-state index is -0.264. The van der Waals surface area contributed by atoms with Crippen molar-refractivity contribution in [1.29, 1.82) is 0 Å². The summed E-state index contributed by atoms with van der Waals surface area (Å²) in [6.45, 7) is 1.08. The lowest BCUT2D eigenvalue weighted by Crippen LogP contribution is -2.37. The highest BCUT2D eigenvalue weighted by Crippen LogP contribution is 2.13. The van der Waals surface area contributed by atoms with Gasteiger partial charge in [-0.1, -0.05) is 30.3 Å². The second-order valence-corrected chi connectivity index (χ2v) is 5.96. The van der Waals surface area contributed by atoms with Gasteiger partial charge in [0, 0.05) is 25.1 Å². The zero-order valence-electron chi connectivity index (χ0n) is 13.2. The molecule has 1 N–H and O–H groups in total. The molecule has 0 unspecified atom stereocenters. The van der Waals surface area contributed by atoms with Gasteiger partial charge >= 0.3 is 0 Å². The average Bonchev–Trinajstić information content (AvgIpc) is 2.94. The van der Waals surface area contributed by atoms with Crippen molar-refractivity contribution < 1.29 is 14.0 Å². The molecule has 1 aliphatic rings. The van der Waals surface area contributed by atoms with Gasteiger partial charge in [-0.3, -0.25) is 9.59 Å². The first-order chi connectivity index (χ1) is 11.6. The number of nitrogens with zero attached hydrogens (tertiary/aromatic N) is 1. The van der Waals surface area contributed by atoms with E-state index >= 15 is 0 Å². The smallest absolute Gasteiger partial charge is 0.251 e. The molecule has 1 aliphatic heterocycles. The van der Waals surface area contributed by atoms with Gasteiger partial charge in [-0.2, -0.15) is 0 Å². The third-order valence-corrected chi connectivity index (χ3v) is 4.17. The van der Waals surface area contributed by atoms with Crippen molar-refractivity contribution in [2.75, 3.05) is 13.1 Å². The monoisotopic (exact) mass is 326 g/mol. The number of carbonyl (C=O) groups is 2. The Morgan fingerprint density at radius 2 is 1.83 bits per heavy atom. The van der Waals surface area contributed by atoms with E-state index in [1.807, 2.05) is 18.2 Å². The van der Waals surface area contributed by atoms with Crippen LogP contribution in [0.15, 0.2) is 54.6 Å². The van der Waals surface area contributed by atoms with Gasteiger partial charge in [0.25, 0.3) is 5.91 Å². The molecule has 124 valence electrons. The summed E-state index contributed by atoms with van der Waals surface area (Å²) in [5.74, 6) is -0.385. The predicted octanol–water partition coefficient (Wildman–Crippen LogP) is 2.40. The van der Waals surface area contributed by atoms with Gasteiger partial charge in [-0.25, -0.2) is 4.39 Å². The van der Waals surface area contributed by atoms with E-state index in [0.717, 1.165) is 5.56 Å². The summed E-state index contributed by atoms with van der Waals surface area (Å²) in [4.78, 5) is 26.0. The standard InChI is InChI=1S/C19H19FN2O2/c20-16-8-6-14(7-9-16)10-11-22-13-17(12-18(22)23)21-19(24)15-4-2-1-3-5-15/h1-9,17H,10-13H2,(H,21,24)/t17-/m0/s1. The molecule has 3 rings (SSSR count). The molecular formula is C19H19FN2O2. The lowest BCUT2D eigenvalue weighted by molar-refractivity contribution is -0.127. The Labute approximate surface area is 140 Å². The van der Waals surface area contributed by atoms with Crippen LogP contribution in [0.5, 0.6) is 0 Å². The van der Waals surface area contributed by atoms with E-state index in [1.54, 1.807) is 29.2 Å². The fraction of sp³-hybridized carbons (Fsp3) is 0.263. The average molecular weight is 326 g/mol. The maximum absolute atomic E-state index is 12.9. The second kappa shape index (κ2) is 7.25. The summed E-state index contributed by atoms with van der Waals surface area (Å²) < 4.78 is 12.9. The molecule has 4 nitrogen and oxygen atoms in total. The van der Waals surface area contributed by atoms with Gasteiger partial charge < -0.3 is 10.2 Å². The van der Waals surface area contributed by atoms with Crippen LogP contribution in [0.3, 0.4) is 0 Å². The van der Waals surface area contributed by atoms with Crippen molar-refractivity contribution in [3.8, 4) is 0 Å². The number of rotatable bonds is 5. The van der Waals surface area contributed by atoms with Crippen molar-refractivity contribution >= 4 is 11.8 Å². The second-order valence-electron chi connectivity index (χ2n) is 5.96. The maximum atomic E-state index is 12.9. The quantitative estimate of drug-likeness (QED) is 0.917. The molecule has 1 heterocycles. The van der Waals surface area contributed by atoms with Crippen LogP contribution in [0.1, 0.15) is 22.3 Å². The van der Waals surface area contributed by atoms with Crippen LogP contribution in [0.2, 0.25) is 0 Å². The number of likely N-dealkylation sites (tertiary alicyclic amines) is 1. The predicted molar refractivity (Wildman–Crippen MR) is 89.0 cm³/mol. The van der Waals surface area contributed by atoms with Crippen molar-refractivity contribution in [1.82, 2.24) is 10.2 Å². The van der Waals surface area contributed by atoms with E-state index < -0.39 is 0 Å². The molecule has 0 radical (unpaired) electrons. The fourth-order valence-electron chi connectivity index (χ4n) is 2.86. The van der Waals surface area contributed by atoms with Crippen molar-refractivity contribution in [2.45, 2.75) is 18.9 Å². The minimum Gasteiger partial charge on any atom is -0.347 e. The fourth-order valence-corrected chi connectivity index (χ4v) is 2.86. The molecule has 0 saturated carbocycles. The van der Waals surface area contributed by atoms with Gasteiger partial charge in [-0.05, 0) is 36.2 Å². The highest BCUT2D eigenvalue weighted by molar-refractivity contribution is 5.95. The van der Waals surface area contributed by atoms with Crippen molar-refractivity contribution in [3.05, 3.63) is 71.5 Å². The molecule has 0 aromatic heterocycles. The van der Waals surface area contributed by atoms with E-state index in [9.17, 15) is 14.0 Å².